The van der Waals surface area contributed by atoms with E-state index in [0.717, 1.165) is 5.75 Å². The van der Waals surface area contributed by atoms with E-state index < -0.39 is 6.10 Å². The lowest BCUT2D eigenvalue weighted by Gasteiger charge is -2.23. The van der Waals surface area contributed by atoms with E-state index in [-0.39, 0.29) is 11.0 Å². The van der Waals surface area contributed by atoms with Gasteiger partial charge in [-0.05, 0) is 43.9 Å². The first-order chi connectivity index (χ1) is 9.08. The Bertz CT molecular complexity index is 398. The van der Waals surface area contributed by atoms with Crippen LogP contribution in [0.15, 0.2) is 24.3 Å². The van der Waals surface area contributed by atoms with Crippen LogP contribution in [-0.4, -0.2) is 29.9 Å². The number of aliphatic hydroxyl groups is 1. The Balaban J connectivity index is 2.42. The first-order valence-electron chi connectivity index (χ1n) is 7.24. The minimum Gasteiger partial charge on any atom is -0.491 e. The highest BCUT2D eigenvalue weighted by Gasteiger charge is 2.14. The van der Waals surface area contributed by atoms with Crippen LogP contribution in [0, 0.1) is 0 Å². The van der Waals surface area contributed by atoms with Crippen LogP contribution in [-0.2, 0) is 5.41 Å². The van der Waals surface area contributed by atoms with Crippen LogP contribution in [0.5, 0.6) is 5.75 Å². The molecular formula is C17H29NO2. The van der Waals surface area contributed by atoms with Gasteiger partial charge in [-0.3, -0.25) is 0 Å². The molecule has 0 spiro atoms. The minimum atomic E-state index is -0.503. The van der Waals surface area contributed by atoms with Gasteiger partial charge in [-0.15, -0.1) is 0 Å². The summed E-state index contributed by atoms with van der Waals surface area (Å²) < 4.78 is 5.61. The first kappa shape index (κ1) is 17.0. The molecule has 0 aliphatic heterocycles. The Morgan fingerprint density at radius 1 is 1.05 bits per heavy atom. The molecule has 1 unspecified atom stereocenters. The van der Waals surface area contributed by atoms with Gasteiger partial charge in [-0.1, -0.05) is 32.9 Å². The van der Waals surface area contributed by atoms with E-state index in [9.17, 15) is 5.11 Å². The van der Waals surface area contributed by atoms with E-state index in [1.807, 2.05) is 12.1 Å². The molecule has 0 bridgehead atoms. The predicted molar refractivity (Wildman–Crippen MR) is 84.4 cm³/mol. The van der Waals surface area contributed by atoms with E-state index in [1.54, 1.807) is 0 Å². The second kappa shape index (κ2) is 6.59. The van der Waals surface area contributed by atoms with Crippen molar-refractivity contribution in [2.45, 2.75) is 58.6 Å². The van der Waals surface area contributed by atoms with Crippen LogP contribution in [0.3, 0.4) is 0 Å². The van der Waals surface area contributed by atoms with E-state index >= 15 is 0 Å². The molecule has 1 rings (SSSR count). The molecule has 0 aromatic heterocycles. The highest BCUT2D eigenvalue weighted by Crippen LogP contribution is 2.24. The lowest BCUT2D eigenvalue weighted by atomic mass is 9.87. The van der Waals surface area contributed by atoms with Gasteiger partial charge >= 0.3 is 0 Å². The smallest absolute Gasteiger partial charge is 0.119 e. The van der Waals surface area contributed by atoms with Gasteiger partial charge in [-0.2, -0.15) is 0 Å². The average Bonchev–Trinajstić information content (AvgIpc) is 2.32. The fourth-order valence-corrected chi connectivity index (χ4v) is 1.73. The molecule has 1 atom stereocenters. The van der Waals surface area contributed by atoms with Gasteiger partial charge in [0.1, 0.15) is 18.5 Å². The van der Waals surface area contributed by atoms with Crippen LogP contribution in [0.2, 0.25) is 0 Å². The number of hydrogen-bond acceptors (Lipinski definition) is 3. The molecule has 0 amide bonds. The molecule has 0 saturated carbocycles. The number of benzene rings is 1. The molecule has 0 saturated heterocycles. The zero-order chi connectivity index (χ0) is 15.4. The largest absolute Gasteiger partial charge is 0.491 e. The zero-order valence-corrected chi connectivity index (χ0v) is 13.7. The summed E-state index contributed by atoms with van der Waals surface area (Å²) >= 11 is 0. The van der Waals surface area contributed by atoms with Gasteiger partial charge in [0, 0.05) is 12.1 Å². The van der Waals surface area contributed by atoms with Crippen LogP contribution < -0.4 is 10.1 Å². The number of nitrogens with one attached hydrogen (secondary N) is 1. The summed E-state index contributed by atoms with van der Waals surface area (Å²) in [5.74, 6) is 0.799. The molecule has 3 heteroatoms. The van der Waals surface area contributed by atoms with E-state index in [2.05, 4.69) is 59.0 Å². The molecule has 0 aliphatic carbocycles. The Labute approximate surface area is 123 Å². The van der Waals surface area contributed by atoms with Crippen molar-refractivity contribution in [3.8, 4) is 5.75 Å². The maximum absolute atomic E-state index is 9.87. The SMILES string of the molecule is CC(C)(C)NCC(O)COc1ccc(C(C)(C)C)cc1. The number of ether oxygens (including phenoxy) is 1. The van der Waals surface area contributed by atoms with Crippen molar-refractivity contribution in [2.75, 3.05) is 13.2 Å². The molecule has 0 radical (unpaired) electrons. The van der Waals surface area contributed by atoms with E-state index in [1.165, 1.54) is 5.56 Å². The summed E-state index contributed by atoms with van der Waals surface area (Å²) in [6.07, 6.45) is -0.503. The Morgan fingerprint density at radius 2 is 1.60 bits per heavy atom. The molecule has 20 heavy (non-hydrogen) atoms. The predicted octanol–water partition coefficient (Wildman–Crippen LogP) is 3.11. The minimum absolute atomic E-state index is 0.00926. The summed E-state index contributed by atoms with van der Waals surface area (Å²) in [6, 6.07) is 8.08. The number of aliphatic hydroxyl groups excluding tert-OH is 1. The highest BCUT2D eigenvalue weighted by molar-refractivity contribution is 5.31. The average molecular weight is 279 g/mol. The molecule has 0 aliphatic rings. The molecule has 2 N–H and O–H groups in total. The van der Waals surface area contributed by atoms with Crippen molar-refractivity contribution in [2.24, 2.45) is 0 Å². The van der Waals surface area contributed by atoms with Gasteiger partial charge in [0.25, 0.3) is 0 Å². The molecule has 114 valence electrons. The maximum Gasteiger partial charge on any atom is 0.119 e. The van der Waals surface area contributed by atoms with Crippen LogP contribution in [0.1, 0.15) is 47.1 Å². The lowest BCUT2D eigenvalue weighted by molar-refractivity contribution is 0.100. The Morgan fingerprint density at radius 3 is 2.05 bits per heavy atom. The quantitative estimate of drug-likeness (QED) is 0.870. The van der Waals surface area contributed by atoms with Crippen molar-refractivity contribution in [3.63, 3.8) is 0 Å². The van der Waals surface area contributed by atoms with Crippen molar-refractivity contribution < 1.29 is 9.84 Å². The fraction of sp³-hybridized carbons (Fsp3) is 0.647. The van der Waals surface area contributed by atoms with E-state index in [0.29, 0.717) is 13.2 Å². The molecule has 0 heterocycles. The monoisotopic (exact) mass is 279 g/mol. The molecular weight excluding hydrogens is 250 g/mol. The standard InChI is InChI=1S/C17H29NO2/c1-16(2,3)13-7-9-15(10-8-13)20-12-14(19)11-18-17(4,5)6/h7-10,14,18-19H,11-12H2,1-6H3. The lowest BCUT2D eigenvalue weighted by Crippen LogP contribution is -2.42. The first-order valence-corrected chi connectivity index (χ1v) is 7.24. The highest BCUT2D eigenvalue weighted by atomic mass is 16.5. The zero-order valence-electron chi connectivity index (χ0n) is 13.7. The van der Waals surface area contributed by atoms with Crippen LogP contribution in [0.4, 0.5) is 0 Å². The van der Waals surface area contributed by atoms with Crippen molar-refractivity contribution in [3.05, 3.63) is 29.8 Å². The number of hydrogen-bond donors (Lipinski definition) is 2. The number of β-amino-alcohol motifs (C(OH)–C–C–N with tert-alkyl or cyclic N) is 1. The fourth-order valence-electron chi connectivity index (χ4n) is 1.73. The van der Waals surface area contributed by atoms with E-state index in [4.69, 9.17) is 4.74 Å². The van der Waals surface area contributed by atoms with Crippen molar-refractivity contribution in [1.29, 1.82) is 0 Å². The summed E-state index contributed by atoms with van der Waals surface area (Å²) in [4.78, 5) is 0. The molecule has 1 aromatic carbocycles. The number of rotatable bonds is 5. The van der Waals surface area contributed by atoms with Gasteiger partial charge in [-0.25, -0.2) is 0 Å². The third-order valence-corrected chi connectivity index (χ3v) is 3.03. The van der Waals surface area contributed by atoms with Crippen LogP contribution in [0.25, 0.3) is 0 Å². The summed E-state index contributed by atoms with van der Waals surface area (Å²) in [7, 11) is 0. The third-order valence-electron chi connectivity index (χ3n) is 3.03. The normalized spacial score (nSPS) is 14.2. The summed E-state index contributed by atoms with van der Waals surface area (Å²) in [6.45, 7) is 13.6. The second-order valence-corrected chi connectivity index (χ2v) is 7.37. The van der Waals surface area contributed by atoms with Gasteiger partial charge in [0.05, 0.1) is 0 Å². The molecule has 3 nitrogen and oxygen atoms in total. The van der Waals surface area contributed by atoms with Crippen molar-refractivity contribution >= 4 is 0 Å². The topological polar surface area (TPSA) is 41.5 Å². The van der Waals surface area contributed by atoms with Crippen LogP contribution >= 0.6 is 0 Å². The molecule has 1 aromatic rings. The van der Waals surface area contributed by atoms with Gasteiger partial charge in [0.15, 0.2) is 0 Å². The van der Waals surface area contributed by atoms with Crippen molar-refractivity contribution in [1.82, 2.24) is 5.32 Å². The second-order valence-electron chi connectivity index (χ2n) is 7.37. The molecule has 0 fully saturated rings. The third kappa shape index (κ3) is 6.40. The summed E-state index contributed by atoms with van der Waals surface area (Å²) in [5, 5.41) is 13.1. The van der Waals surface area contributed by atoms with Gasteiger partial charge in [0.2, 0.25) is 0 Å². The summed E-state index contributed by atoms with van der Waals surface area (Å²) in [5.41, 5.74) is 1.43. The maximum atomic E-state index is 9.87. The Hall–Kier alpha value is -1.06. The van der Waals surface area contributed by atoms with Gasteiger partial charge < -0.3 is 15.2 Å². The Kier molecular flexibility index (Phi) is 5.60.